The van der Waals surface area contributed by atoms with Crippen molar-refractivity contribution in [2.45, 2.75) is 13.5 Å². The molecule has 0 atom stereocenters. The quantitative estimate of drug-likeness (QED) is 0.740. The van der Waals surface area contributed by atoms with Crippen LogP contribution in [-0.2, 0) is 6.54 Å². The van der Waals surface area contributed by atoms with Crippen LogP contribution in [0.15, 0.2) is 73.1 Å². The van der Waals surface area contributed by atoms with Crippen LogP contribution in [0.2, 0.25) is 0 Å². The maximum absolute atomic E-state index is 12.3. The molecular formula is C21H20N2O2. The van der Waals surface area contributed by atoms with E-state index in [1.54, 1.807) is 12.4 Å². The number of nitrogens with zero attached hydrogens (tertiary/aromatic N) is 1. The molecule has 0 aliphatic rings. The van der Waals surface area contributed by atoms with Gasteiger partial charge in [-0.1, -0.05) is 24.3 Å². The number of rotatable bonds is 6. The number of pyridine rings is 1. The molecule has 4 heteroatoms. The van der Waals surface area contributed by atoms with Crippen LogP contribution >= 0.6 is 0 Å². The van der Waals surface area contributed by atoms with Gasteiger partial charge in [-0.25, -0.2) is 0 Å². The third kappa shape index (κ3) is 4.44. The van der Waals surface area contributed by atoms with Crippen LogP contribution in [-0.4, -0.2) is 17.5 Å². The molecule has 2 aromatic carbocycles. The Morgan fingerprint density at radius 1 is 1.00 bits per heavy atom. The largest absolute Gasteiger partial charge is 0.494 e. The number of amides is 1. The second-order valence-electron chi connectivity index (χ2n) is 5.58. The van der Waals surface area contributed by atoms with Crippen LogP contribution in [0.3, 0.4) is 0 Å². The van der Waals surface area contributed by atoms with E-state index < -0.39 is 0 Å². The lowest BCUT2D eigenvalue weighted by Crippen LogP contribution is -2.22. The van der Waals surface area contributed by atoms with E-state index in [-0.39, 0.29) is 5.91 Å². The Hall–Kier alpha value is -3.14. The van der Waals surface area contributed by atoms with E-state index >= 15 is 0 Å². The topological polar surface area (TPSA) is 51.2 Å². The Bertz CT molecular complexity index is 830. The van der Waals surface area contributed by atoms with Crippen molar-refractivity contribution in [2.24, 2.45) is 0 Å². The highest BCUT2D eigenvalue weighted by Crippen LogP contribution is 2.19. The van der Waals surface area contributed by atoms with Gasteiger partial charge >= 0.3 is 0 Å². The number of carbonyl (C=O) groups excluding carboxylic acids is 1. The third-order valence-electron chi connectivity index (χ3n) is 3.82. The lowest BCUT2D eigenvalue weighted by Gasteiger charge is -2.08. The van der Waals surface area contributed by atoms with E-state index in [1.807, 2.05) is 67.6 Å². The molecule has 3 aromatic rings. The summed E-state index contributed by atoms with van der Waals surface area (Å²) in [5, 5.41) is 2.94. The molecule has 0 aliphatic heterocycles. The van der Waals surface area contributed by atoms with Gasteiger partial charge in [0.2, 0.25) is 0 Å². The second-order valence-corrected chi connectivity index (χ2v) is 5.58. The maximum atomic E-state index is 12.3. The second kappa shape index (κ2) is 8.11. The van der Waals surface area contributed by atoms with Gasteiger partial charge in [-0.2, -0.15) is 0 Å². The van der Waals surface area contributed by atoms with E-state index in [9.17, 15) is 4.79 Å². The first-order valence-electron chi connectivity index (χ1n) is 8.26. The van der Waals surface area contributed by atoms with E-state index in [4.69, 9.17) is 4.74 Å². The van der Waals surface area contributed by atoms with Crippen molar-refractivity contribution in [1.82, 2.24) is 10.3 Å². The lowest BCUT2D eigenvalue weighted by atomic mass is 10.0. The van der Waals surface area contributed by atoms with Gasteiger partial charge in [0.15, 0.2) is 0 Å². The fraction of sp³-hybridized carbons (Fsp3) is 0.143. The summed E-state index contributed by atoms with van der Waals surface area (Å²) < 4.78 is 5.48. The highest BCUT2D eigenvalue weighted by atomic mass is 16.5. The number of hydrogen-bond acceptors (Lipinski definition) is 3. The summed E-state index contributed by atoms with van der Waals surface area (Å²) in [5.41, 5.74) is 3.78. The zero-order valence-corrected chi connectivity index (χ0v) is 14.1. The van der Waals surface area contributed by atoms with Crippen molar-refractivity contribution >= 4 is 5.91 Å². The van der Waals surface area contributed by atoms with Crippen LogP contribution < -0.4 is 10.1 Å². The first kappa shape index (κ1) is 16.7. The number of aromatic nitrogens is 1. The summed E-state index contributed by atoms with van der Waals surface area (Å²) >= 11 is 0. The Morgan fingerprint density at radius 3 is 2.44 bits per heavy atom. The van der Waals surface area contributed by atoms with Gasteiger partial charge in [0, 0.05) is 24.5 Å². The van der Waals surface area contributed by atoms with Crippen molar-refractivity contribution in [3.05, 3.63) is 84.2 Å². The minimum atomic E-state index is -0.0944. The minimum absolute atomic E-state index is 0.0944. The van der Waals surface area contributed by atoms with Gasteiger partial charge in [-0.15, -0.1) is 0 Å². The fourth-order valence-corrected chi connectivity index (χ4v) is 2.55. The summed E-state index contributed by atoms with van der Waals surface area (Å²) in [7, 11) is 0. The van der Waals surface area contributed by atoms with Crippen LogP contribution in [0.5, 0.6) is 5.75 Å². The van der Waals surface area contributed by atoms with Gasteiger partial charge in [0.05, 0.1) is 6.61 Å². The Morgan fingerprint density at radius 2 is 1.72 bits per heavy atom. The molecule has 4 nitrogen and oxygen atoms in total. The standard InChI is InChI=1S/C21H20N2O2/c1-2-25-20-5-3-4-16(14-20)15-23-21(24)19-8-6-17(7-9-19)18-10-12-22-13-11-18/h3-14H,2,15H2,1H3,(H,23,24). The fourth-order valence-electron chi connectivity index (χ4n) is 2.55. The average molecular weight is 332 g/mol. The maximum Gasteiger partial charge on any atom is 0.251 e. The molecule has 0 unspecified atom stereocenters. The number of hydrogen-bond donors (Lipinski definition) is 1. The predicted molar refractivity (Wildman–Crippen MR) is 98.5 cm³/mol. The molecule has 1 aromatic heterocycles. The summed E-state index contributed by atoms with van der Waals surface area (Å²) in [4.78, 5) is 16.3. The van der Waals surface area contributed by atoms with E-state index in [2.05, 4.69) is 10.3 Å². The molecule has 0 radical (unpaired) electrons. The predicted octanol–water partition coefficient (Wildman–Crippen LogP) is 4.08. The number of nitrogens with one attached hydrogen (secondary N) is 1. The van der Waals surface area contributed by atoms with Crippen molar-refractivity contribution in [3.63, 3.8) is 0 Å². The van der Waals surface area contributed by atoms with Gasteiger partial charge < -0.3 is 10.1 Å². The third-order valence-corrected chi connectivity index (χ3v) is 3.82. The van der Waals surface area contributed by atoms with Crippen molar-refractivity contribution in [3.8, 4) is 16.9 Å². The molecule has 0 aliphatic carbocycles. The number of ether oxygens (including phenoxy) is 1. The molecule has 0 saturated carbocycles. The van der Waals surface area contributed by atoms with Crippen LogP contribution in [0.1, 0.15) is 22.8 Å². The van der Waals surface area contributed by atoms with Crippen LogP contribution in [0.25, 0.3) is 11.1 Å². The molecule has 25 heavy (non-hydrogen) atoms. The van der Waals surface area contributed by atoms with Crippen LogP contribution in [0.4, 0.5) is 0 Å². The van der Waals surface area contributed by atoms with Gasteiger partial charge in [0.25, 0.3) is 5.91 Å². The zero-order chi connectivity index (χ0) is 17.5. The SMILES string of the molecule is CCOc1cccc(CNC(=O)c2ccc(-c3ccncc3)cc2)c1. The molecule has 1 heterocycles. The normalized spacial score (nSPS) is 10.3. The van der Waals surface area contributed by atoms with Crippen molar-refractivity contribution < 1.29 is 9.53 Å². The first-order valence-corrected chi connectivity index (χ1v) is 8.26. The highest BCUT2D eigenvalue weighted by Gasteiger charge is 2.06. The number of carbonyl (C=O) groups is 1. The van der Waals surface area contributed by atoms with Gasteiger partial charge in [-0.3, -0.25) is 9.78 Å². The lowest BCUT2D eigenvalue weighted by molar-refractivity contribution is 0.0951. The van der Waals surface area contributed by atoms with Gasteiger partial charge in [0.1, 0.15) is 5.75 Å². The number of benzene rings is 2. The molecule has 1 amide bonds. The Kier molecular flexibility index (Phi) is 5.42. The van der Waals surface area contributed by atoms with Crippen LogP contribution in [0, 0.1) is 0 Å². The van der Waals surface area contributed by atoms with Gasteiger partial charge in [-0.05, 0) is 60.0 Å². The van der Waals surface area contributed by atoms with Crippen molar-refractivity contribution in [2.75, 3.05) is 6.61 Å². The molecule has 3 rings (SSSR count). The summed E-state index contributed by atoms with van der Waals surface area (Å²) in [5.74, 6) is 0.721. The summed E-state index contributed by atoms with van der Waals surface area (Å²) in [6.45, 7) is 3.04. The molecule has 0 bridgehead atoms. The molecule has 0 spiro atoms. The zero-order valence-electron chi connectivity index (χ0n) is 14.1. The summed E-state index contributed by atoms with van der Waals surface area (Å²) in [6.07, 6.45) is 3.51. The smallest absolute Gasteiger partial charge is 0.251 e. The molecular weight excluding hydrogens is 312 g/mol. The van der Waals surface area contributed by atoms with E-state index in [1.165, 1.54) is 0 Å². The average Bonchev–Trinajstić information content (AvgIpc) is 2.67. The molecule has 1 N–H and O–H groups in total. The minimum Gasteiger partial charge on any atom is -0.494 e. The Balaban J connectivity index is 1.62. The molecule has 126 valence electrons. The van der Waals surface area contributed by atoms with E-state index in [0.717, 1.165) is 22.4 Å². The first-order chi connectivity index (χ1) is 12.3. The Labute approximate surface area is 147 Å². The monoisotopic (exact) mass is 332 g/mol. The van der Waals surface area contributed by atoms with E-state index in [0.29, 0.717) is 18.7 Å². The molecule has 0 fully saturated rings. The van der Waals surface area contributed by atoms with Crippen molar-refractivity contribution in [1.29, 1.82) is 0 Å². The molecule has 0 saturated heterocycles. The highest BCUT2D eigenvalue weighted by molar-refractivity contribution is 5.94. The summed E-state index contributed by atoms with van der Waals surface area (Å²) in [6, 6.07) is 19.2.